The second kappa shape index (κ2) is 6.55. The van der Waals surface area contributed by atoms with Gasteiger partial charge >= 0.3 is 0 Å². The van der Waals surface area contributed by atoms with Crippen molar-refractivity contribution in [3.63, 3.8) is 0 Å². The molecule has 0 unspecified atom stereocenters. The number of nitrogen functional groups attached to an aromatic ring is 1. The van der Waals surface area contributed by atoms with Crippen molar-refractivity contribution in [2.45, 2.75) is 0 Å². The molecule has 2 rings (SSSR count). The molecule has 0 atom stereocenters. The Morgan fingerprint density at radius 2 is 1.63 bits per heavy atom. The molecule has 2 aromatic carbocycles. The molecule has 0 spiro atoms. The molecular formula is C14H13Cl2NO2. The van der Waals surface area contributed by atoms with E-state index >= 15 is 0 Å². The Balaban J connectivity index is 1.81. The van der Waals surface area contributed by atoms with Crippen molar-refractivity contribution < 1.29 is 9.47 Å². The predicted molar refractivity (Wildman–Crippen MR) is 78.3 cm³/mol. The summed E-state index contributed by atoms with van der Waals surface area (Å²) in [4.78, 5) is 0. The number of para-hydroxylation sites is 1. The highest BCUT2D eigenvalue weighted by Crippen LogP contribution is 2.24. The van der Waals surface area contributed by atoms with E-state index in [0.29, 0.717) is 40.4 Å². The van der Waals surface area contributed by atoms with Crippen LogP contribution in [0.25, 0.3) is 0 Å². The molecule has 0 aliphatic heterocycles. The molecule has 0 saturated heterocycles. The van der Waals surface area contributed by atoms with E-state index < -0.39 is 0 Å². The fourth-order valence-corrected chi connectivity index (χ4v) is 1.79. The van der Waals surface area contributed by atoms with Gasteiger partial charge in [0.25, 0.3) is 0 Å². The van der Waals surface area contributed by atoms with Crippen LogP contribution >= 0.6 is 23.2 Å². The van der Waals surface area contributed by atoms with E-state index in [0.717, 1.165) is 0 Å². The zero-order valence-corrected chi connectivity index (χ0v) is 11.6. The van der Waals surface area contributed by atoms with Gasteiger partial charge in [0.2, 0.25) is 0 Å². The summed E-state index contributed by atoms with van der Waals surface area (Å²) in [7, 11) is 0. The molecule has 100 valence electrons. The van der Waals surface area contributed by atoms with E-state index in [1.54, 1.807) is 24.3 Å². The van der Waals surface area contributed by atoms with Gasteiger partial charge < -0.3 is 15.2 Å². The minimum Gasteiger partial charge on any atom is -0.490 e. The van der Waals surface area contributed by atoms with Crippen molar-refractivity contribution in [2.75, 3.05) is 18.9 Å². The molecule has 0 radical (unpaired) electrons. The molecular weight excluding hydrogens is 285 g/mol. The van der Waals surface area contributed by atoms with E-state index in [4.69, 9.17) is 38.4 Å². The topological polar surface area (TPSA) is 44.5 Å². The summed E-state index contributed by atoms with van der Waals surface area (Å²) in [6.45, 7) is 0.790. The van der Waals surface area contributed by atoms with Gasteiger partial charge in [0.15, 0.2) is 0 Å². The second-order valence-corrected chi connectivity index (χ2v) is 4.63. The van der Waals surface area contributed by atoms with Gasteiger partial charge in [-0.2, -0.15) is 0 Å². The van der Waals surface area contributed by atoms with Crippen LogP contribution in [0.1, 0.15) is 0 Å². The van der Waals surface area contributed by atoms with Gasteiger partial charge in [0, 0.05) is 6.07 Å². The lowest BCUT2D eigenvalue weighted by Gasteiger charge is -2.10. The lowest BCUT2D eigenvalue weighted by Crippen LogP contribution is -2.09. The summed E-state index contributed by atoms with van der Waals surface area (Å²) < 4.78 is 11.0. The van der Waals surface area contributed by atoms with Crippen LogP contribution in [-0.4, -0.2) is 13.2 Å². The number of rotatable bonds is 5. The fourth-order valence-electron chi connectivity index (χ4n) is 1.48. The van der Waals surface area contributed by atoms with Crippen LogP contribution in [0.15, 0.2) is 42.5 Å². The van der Waals surface area contributed by atoms with Crippen molar-refractivity contribution in [3.8, 4) is 11.5 Å². The average Bonchev–Trinajstić information content (AvgIpc) is 2.40. The summed E-state index contributed by atoms with van der Waals surface area (Å²) in [5.74, 6) is 1.30. The molecule has 0 bridgehead atoms. The normalized spacial score (nSPS) is 10.2. The summed E-state index contributed by atoms with van der Waals surface area (Å²) in [6.07, 6.45) is 0. The third-order valence-electron chi connectivity index (χ3n) is 2.41. The highest BCUT2D eigenvalue weighted by Gasteiger charge is 2.01. The van der Waals surface area contributed by atoms with Gasteiger partial charge in [-0.15, -0.1) is 0 Å². The number of hydrogen-bond acceptors (Lipinski definition) is 3. The number of anilines is 1. The smallest absolute Gasteiger partial charge is 0.138 e. The van der Waals surface area contributed by atoms with E-state index in [1.807, 2.05) is 18.2 Å². The SMILES string of the molecule is Nc1cc(OCCOc2ccccc2Cl)ccc1Cl. The molecule has 0 aliphatic carbocycles. The quantitative estimate of drug-likeness (QED) is 0.669. The predicted octanol–water partition coefficient (Wildman–Crippen LogP) is 4.03. The maximum atomic E-state index is 5.96. The van der Waals surface area contributed by atoms with Crippen molar-refractivity contribution >= 4 is 28.9 Å². The second-order valence-electron chi connectivity index (χ2n) is 3.81. The highest BCUT2D eigenvalue weighted by molar-refractivity contribution is 6.33. The molecule has 19 heavy (non-hydrogen) atoms. The minimum absolute atomic E-state index is 0.395. The van der Waals surface area contributed by atoms with Gasteiger partial charge in [0.1, 0.15) is 24.7 Å². The van der Waals surface area contributed by atoms with Crippen LogP contribution in [0.3, 0.4) is 0 Å². The van der Waals surface area contributed by atoms with Gasteiger partial charge in [-0.25, -0.2) is 0 Å². The minimum atomic E-state index is 0.395. The zero-order valence-electron chi connectivity index (χ0n) is 10.1. The highest BCUT2D eigenvalue weighted by atomic mass is 35.5. The molecule has 0 saturated carbocycles. The maximum Gasteiger partial charge on any atom is 0.138 e. The molecule has 5 heteroatoms. The van der Waals surface area contributed by atoms with Gasteiger partial charge in [-0.3, -0.25) is 0 Å². The van der Waals surface area contributed by atoms with E-state index in [2.05, 4.69) is 0 Å². The number of ether oxygens (including phenoxy) is 2. The molecule has 0 fully saturated rings. The summed E-state index contributed by atoms with van der Waals surface area (Å²) in [5.41, 5.74) is 6.17. The Labute approximate surface area is 121 Å². The van der Waals surface area contributed by atoms with Crippen LogP contribution in [-0.2, 0) is 0 Å². The first kappa shape index (κ1) is 13.8. The lowest BCUT2D eigenvalue weighted by molar-refractivity contribution is 0.217. The van der Waals surface area contributed by atoms with Crippen LogP contribution < -0.4 is 15.2 Å². The molecule has 0 aromatic heterocycles. The Morgan fingerprint density at radius 3 is 2.37 bits per heavy atom. The number of benzene rings is 2. The van der Waals surface area contributed by atoms with Crippen molar-refractivity contribution in [3.05, 3.63) is 52.5 Å². The van der Waals surface area contributed by atoms with E-state index in [-0.39, 0.29) is 0 Å². The molecule has 0 aliphatic rings. The Morgan fingerprint density at radius 1 is 0.895 bits per heavy atom. The summed E-state index contributed by atoms with van der Waals surface area (Å²) >= 11 is 11.8. The van der Waals surface area contributed by atoms with Crippen LogP contribution in [0.5, 0.6) is 11.5 Å². The monoisotopic (exact) mass is 297 g/mol. The molecule has 3 nitrogen and oxygen atoms in total. The average molecular weight is 298 g/mol. The Kier molecular flexibility index (Phi) is 4.77. The third kappa shape index (κ3) is 3.94. The lowest BCUT2D eigenvalue weighted by atomic mass is 10.3. The van der Waals surface area contributed by atoms with Gasteiger partial charge in [-0.05, 0) is 24.3 Å². The molecule has 2 N–H and O–H groups in total. The fraction of sp³-hybridized carbons (Fsp3) is 0.143. The number of halogens is 2. The first-order valence-corrected chi connectivity index (χ1v) is 6.47. The zero-order chi connectivity index (χ0) is 13.7. The Bertz CT molecular complexity index is 561. The van der Waals surface area contributed by atoms with E-state index in [1.165, 1.54) is 0 Å². The molecule has 2 aromatic rings. The summed E-state index contributed by atoms with van der Waals surface area (Å²) in [6, 6.07) is 12.4. The van der Waals surface area contributed by atoms with Crippen molar-refractivity contribution in [1.82, 2.24) is 0 Å². The standard InChI is InChI=1S/C14H13Cl2NO2/c15-11-6-5-10(9-13(11)17)18-7-8-19-14-4-2-1-3-12(14)16/h1-6,9H,7-8,17H2. The van der Waals surface area contributed by atoms with Gasteiger partial charge in [0.05, 0.1) is 15.7 Å². The first-order chi connectivity index (χ1) is 9.16. The van der Waals surface area contributed by atoms with E-state index in [9.17, 15) is 0 Å². The third-order valence-corrected chi connectivity index (χ3v) is 3.07. The van der Waals surface area contributed by atoms with Crippen LogP contribution in [0, 0.1) is 0 Å². The Hall–Kier alpha value is -1.58. The van der Waals surface area contributed by atoms with Crippen LogP contribution in [0.2, 0.25) is 10.0 Å². The van der Waals surface area contributed by atoms with Crippen LogP contribution in [0.4, 0.5) is 5.69 Å². The van der Waals surface area contributed by atoms with Crippen molar-refractivity contribution in [1.29, 1.82) is 0 Å². The molecule has 0 amide bonds. The first-order valence-electron chi connectivity index (χ1n) is 5.72. The largest absolute Gasteiger partial charge is 0.490 e. The number of hydrogen-bond donors (Lipinski definition) is 1. The van der Waals surface area contributed by atoms with Gasteiger partial charge in [-0.1, -0.05) is 35.3 Å². The molecule has 0 heterocycles. The summed E-state index contributed by atoms with van der Waals surface area (Å²) in [5, 5.41) is 1.10. The number of nitrogens with two attached hydrogens (primary N) is 1. The maximum absolute atomic E-state index is 5.96. The van der Waals surface area contributed by atoms with Crippen molar-refractivity contribution in [2.24, 2.45) is 0 Å².